The smallest absolute Gasteiger partial charge is 0.289 e. The highest BCUT2D eigenvalue weighted by molar-refractivity contribution is 6.31. The summed E-state index contributed by atoms with van der Waals surface area (Å²) in [5.74, 6) is 0.359. The van der Waals surface area contributed by atoms with Gasteiger partial charge in [-0.3, -0.25) is 4.79 Å². The molecule has 5 rings (SSSR count). The van der Waals surface area contributed by atoms with E-state index in [1.807, 2.05) is 59.6 Å². The Kier molecular flexibility index (Phi) is 4.17. The molecule has 0 radical (unpaired) electrons. The molecule has 4 aromatic rings. The second-order valence-corrected chi connectivity index (χ2v) is 7.42. The molecular weight excluding hydrogens is 374 g/mol. The summed E-state index contributed by atoms with van der Waals surface area (Å²) >= 11 is 6.11. The molecule has 5 nitrogen and oxygen atoms in total. The molecule has 1 fully saturated rings. The molecule has 0 unspecified atom stereocenters. The average molecular weight is 393 g/mol. The van der Waals surface area contributed by atoms with Crippen LogP contribution in [0, 0.1) is 0 Å². The summed E-state index contributed by atoms with van der Waals surface area (Å²) in [6.07, 6.45) is 1.93. The first-order valence-electron chi connectivity index (χ1n) is 9.32. The fourth-order valence-corrected chi connectivity index (χ4v) is 4.00. The third-order valence-electron chi connectivity index (χ3n) is 5.28. The van der Waals surface area contributed by atoms with Crippen molar-refractivity contribution in [1.29, 1.82) is 0 Å². The van der Waals surface area contributed by atoms with Gasteiger partial charge in [0.05, 0.1) is 11.1 Å². The van der Waals surface area contributed by atoms with Gasteiger partial charge in [0.2, 0.25) is 5.52 Å². The quantitative estimate of drug-likeness (QED) is 0.517. The fraction of sp³-hybridized carbons (Fsp3) is 0.182. The molecule has 1 aliphatic rings. The molecule has 0 spiro atoms. The van der Waals surface area contributed by atoms with Gasteiger partial charge in [-0.2, -0.15) is 0 Å². The van der Waals surface area contributed by atoms with Gasteiger partial charge < -0.3 is 14.2 Å². The van der Waals surface area contributed by atoms with Gasteiger partial charge in [0.15, 0.2) is 12.0 Å². The lowest BCUT2D eigenvalue weighted by Crippen LogP contribution is -2.48. The highest BCUT2D eigenvalue weighted by atomic mass is 35.5. The van der Waals surface area contributed by atoms with Gasteiger partial charge in [-0.15, -0.1) is 0 Å². The first-order chi connectivity index (χ1) is 13.7. The summed E-state index contributed by atoms with van der Waals surface area (Å²) in [5, 5.41) is 2.79. The van der Waals surface area contributed by atoms with Crippen LogP contribution in [0.25, 0.3) is 21.9 Å². The zero-order valence-electron chi connectivity index (χ0n) is 15.2. The molecule has 1 N–H and O–H groups in total. The molecule has 1 saturated heterocycles. The van der Waals surface area contributed by atoms with E-state index >= 15 is 0 Å². The molecule has 0 aliphatic carbocycles. The van der Waals surface area contributed by atoms with E-state index in [4.69, 9.17) is 16.0 Å². The predicted molar refractivity (Wildman–Crippen MR) is 110 cm³/mol. The molecule has 0 atom stereocenters. The van der Waals surface area contributed by atoms with E-state index in [0.29, 0.717) is 23.9 Å². The standard InChI is InChI=1S/C22H18ClN3O2/c23-16-5-6-17-18(14-16)24-8-7-19(17)25-9-11-26(12-10-25)22(27)21-13-15-3-1-2-4-20(15)28-21/h1-8,13-14H,9-12H2/p+1. The molecule has 1 aliphatic heterocycles. The first kappa shape index (κ1) is 17.1. The monoisotopic (exact) mass is 392 g/mol. The van der Waals surface area contributed by atoms with Crippen LogP contribution in [-0.2, 0) is 0 Å². The van der Waals surface area contributed by atoms with E-state index in [1.54, 1.807) is 0 Å². The van der Waals surface area contributed by atoms with Crippen LogP contribution in [0.3, 0.4) is 0 Å². The van der Waals surface area contributed by atoms with Crippen molar-refractivity contribution in [3.8, 4) is 0 Å². The van der Waals surface area contributed by atoms with Crippen molar-refractivity contribution < 1.29 is 14.2 Å². The number of carbonyl (C=O) groups is 1. The van der Waals surface area contributed by atoms with Crippen LogP contribution >= 0.6 is 11.6 Å². The number of aromatic nitrogens is 1. The molecule has 6 heteroatoms. The minimum Gasteiger partial charge on any atom is -0.451 e. The van der Waals surface area contributed by atoms with Crippen LogP contribution in [0.4, 0.5) is 5.69 Å². The number of hydrogen-bond donors (Lipinski definition) is 0. The van der Waals surface area contributed by atoms with Crippen LogP contribution in [0.15, 0.2) is 65.2 Å². The van der Waals surface area contributed by atoms with E-state index in [-0.39, 0.29) is 5.91 Å². The number of piperazine rings is 1. The molecule has 3 heterocycles. The Bertz CT molecular complexity index is 1150. The SMILES string of the molecule is O=C(c1cc2ccccc2o1)N1CCN(c2cc[nH+]c3cc(Cl)ccc23)CC1. The molecule has 140 valence electrons. The Morgan fingerprint density at radius 3 is 2.64 bits per heavy atom. The van der Waals surface area contributed by atoms with Crippen LogP contribution in [-0.4, -0.2) is 37.0 Å². The van der Waals surface area contributed by atoms with Gasteiger partial charge in [-0.1, -0.05) is 29.8 Å². The number of halogens is 1. The second kappa shape index (κ2) is 6.84. The normalized spacial score (nSPS) is 14.8. The van der Waals surface area contributed by atoms with Gasteiger partial charge in [0.1, 0.15) is 5.58 Å². The fourth-order valence-electron chi connectivity index (χ4n) is 3.83. The summed E-state index contributed by atoms with van der Waals surface area (Å²) in [4.78, 5) is 20.3. The number of anilines is 1. The van der Waals surface area contributed by atoms with E-state index < -0.39 is 0 Å². The summed E-state index contributed by atoms with van der Waals surface area (Å²) in [6, 6.07) is 17.5. The maximum Gasteiger partial charge on any atom is 0.289 e. The van der Waals surface area contributed by atoms with Crippen molar-refractivity contribution in [2.45, 2.75) is 0 Å². The van der Waals surface area contributed by atoms with Crippen LogP contribution in [0.5, 0.6) is 0 Å². The van der Waals surface area contributed by atoms with E-state index in [9.17, 15) is 4.79 Å². The number of nitrogens with one attached hydrogen (secondary N) is 1. The third kappa shape index (κ3) is 2.98. The number of carbonyl (C=O) groups excluding carboxylic acids is 1. The van der Waals surface area contributed by atoms with Crippen molar-refractivity contribution in [2.75, 3.05) is 31.1 Å². The van der Waals surface area contributed by atoms with Gasteiger partial charge in [-0.25, -0.2) is 4.98 Å². The lowest BCUT2D eigenvalue weighted by molar-refractivity contribution is -0.344. The van der Waals surface area contributed by atoms with E-state index in [1.165, 1.54) is 0 Å². The predicted octanol–water partition coefficient (Wildman–Crippen LogP) is 4.02. The number of aromatic amines is 1. The molecular formula is C22H19ClN3O2+. The Hall–Kier alpha value is -3.05. The molecule has 28 heavy (non-hydrogen) atoms. The minimum atomic E-state index is -0.0473. The largest absolute Gasteiger partial charge is 0.451 e. The van der Waals surface area contributed by atoms with Gasteiger partial charge in [0.25, 0.3) is 5.91 Å². The third-order valence-corrected chi connectivity index (χ3v) is 5.52. The number of rotatable bonds is 2. The highest BCUT2D eigenvalue weighted by Crippen LogP contribution is 2.27. The number of amides is 1. The number of para-hydroxylation sites is 1. The number of H-pyrrole nitrogens is 1. The number of benzene rings is 2. The lowest BCUT2D eigenvalue weighted by Gasteiger charge is -2.35. The van der Waals surface area contributed by atoms with Crippen molar-refractivity contribution >= 4 is 45.1 Å². The topological polar surface area (TPSA) is 50.8 Å². The number of hydrogen-bond acceptors (Lipinski definition) is 3. The first-order valence-corrected chi connectivity index (χ1v) is 9.69. The number of furan rings is 1. The molecule has 0 saturated carbocycles. The van der Waals surface area contributed by atoms with Crippen LogP contribution in [0.2, 0.25) is 5.02 Å². The maximum atomic E-state index is 12.9. The van der Waals surface area contributed by atoms with Crippen molar-refractivity contribution in [3.05, 3.63) is 71.6 Å². The molecule has 2 aromatic heterocycles. The zero-order chi connectivity index (χ0) is 19.1. The maximum absolute atomic E-state index is 12.9. The van der Waals surface area contributed by atoms with Gasteiger partial charge >= 0.3 is 0 Å². The summed E-state index contributed by atoms with van der Waals surface area (Å²) < 4.78 is 5.74. The Balaban J connectivity index is 1.34. The number of nitrogens with zero attached hydrogens (tertiary/aromatic N) is 2. The van der Waals surface area contributed by atoms with E-state index in [0.717, 1.165) is 40.6 Å². The van der Waals surface area contributed by atoms with E-state index in [2.05, 4.69) is 16.0 Å². The van der Waals surface area contributed by atoms with Gasteiger partial charge in [0, 0.05) is 48.7 Å². The minimum absolute atomic E-state index is 0.0473. The summed E-state index contributed by atoms with van der Waals surface area (Å²) in [7, 11) is 0. The molecule has 1 amide bonds. The van der Waals surface area contributed by atoms with Crippen LogP contribution in [0.1, 0.15) is 10.6 Å². The van der Waals surface area contributed by atoms with Crippen molar-refractivity contribution in [3.63, 3.8) is 0 Å². The lowest BCUT2D eigenvalue weighted by atomic mass is 10.1. The zero-order valence-corrected chi connectivity index (χ0v) is 15.9. The van der Waals surface area contributed by atoms with Crippen molar-refractivity contribution in [1.82, 2.24) is 4.90 Å². The Morgan fingerprint density at radius 2 is 1.82 bits per heavy atom. The number of pyridine rings is 1. The second-order valence-electron chi connectivity index (χ2n) is 6.98. The highest BCUT2D eigenvalue weighted by Gasteiger charge is 2.26. The Morgan fingerprint density at radius 1 is 1.00 bits per heavy atom. The average Bonchev–Trinajstić information content (AvgIpc) is 3.17. The van der Waals surface area contributed by atoms with Crippen molar-refractivity contribution in [2.24, 2.45) is 0 Å². The Labute approximate surface area is 167 Å². The summed E-state index contributed by atoms with van der Waals surface area (Å²) in [5.41, 5.74) is 2.90. The molecule has 0 bridgehead atoms. The van der Waals surface area contributed by atoms with Crippen LogP contribution < -0.4 is 9.88 Å². The number of fused-ring (bicyclic) bond motifs is 2. The summed E-state index contributed by atoms with van der Waals surface area (Å²) in [6.45, 7) is 2.86. The molecule has 2 aromatic carbocycles. The van der Waals surface area contributed by atoms with Gasteiger partial charge in [-0.05, 0) is 24.3 Å².